The van der Waals surface area contributed by atoms with Gasteiger partial charge < -0.3 is 10.1 Å². The minimum absolute atomic E-state index is 0.115. The molecule has 1 amide bonds. The van der Waals surface area contributed by atoms with Crippen molar-refractivity contribution in [3.8, 4) is 10.4 Å². The molecule has 7 nitrogen and oxygen atoms in total. The number of benzene rings is 1. The molecule has 0 spiro atoms. The number of nitrogens with one attached hydrogen (secondary N) is 1. The largest absolute Gasteiger partial charge is 0.469 e. The molecule has 2 heterocycles. The molecule has 0 bridgehead atoms. The van der Waals surface area contributed by atoms with E-state index in [1.807, 2.05) is 37.3 Å². The van der Waals surface area contributed by atoms with Crippen LogP contribution in [0.3, 0.4) is 0 Å². The van der Waals surface area contributed by atoms with Crippen LogP contribution in [0.25, 0.3) is 20.7 Å². The maximum absolute atomic E-state index is 12.9. The Hall–Kier alpha value is -3.00. The molecular weight excluding hydrogens is 378 g/mol. The van der Waals surface area contributed by atoms with E-state index < -0.39 is 0 Å². The molecule has 3 aromatic rings. The van der Waals surface area contributed by atoms with Gasteiger partial charge in [-0.25, -0.2) is 4.98 Å². The standard InChI is InChI=1S/C20H21N3O4S/c1-13-17-19(28-18(13)14-7-4-3-5-8-14)22-12-23(20(17)26)11-15(24)21-10-6-9-16(25)27-2/h3-5,7-8,12H,6,9-11H2,1-2H3,(H,21,24). The predicted octanol–water partition coefficient (Wildman–Crippen LogP) is 2.50. The first-order valence-electron chi connectivity index (χ1n) is 8.88. The zero-order valence-corrected chi connectivity index (χ0v) is 16.5. The molecule has 0 saturated heterocycles. The fraction of sp³-hybridized carbons (Fsp3) is 0.300. The summed E-state index contributed by atoms with van der Waals surface area (Å²) in [4.78, 5) is 42.1. The van der Waals surface area contributed by atoms with Gasteiger partial charge in [0.2, 0.25) is 5.91 Å². The van der Waals surface area contributed by atoms with E-state index in [1.165, 1.54) is 29.3 Å². The summed E-state index contributed by atoms with van der Waals surface area (Å²) in [6, 6.07) is 9.85. The van der Waals surface area contributed by atoms with Crippen LogP contribution in [0.1, 0.15) is 18.4 Å². The van der Waals surface area contributed by atoms with Crippen LogP contribution in [0.5, 0.6) is 0 Å². The number of ether oxygens (including phenoxy) is 1. The molecule has 0 radical (unpaired) electrons. The molecule has 0 saturated carbocycles. The van der Waals surface area contributed by atoms with E-state index in [-0.39, 0.29) is 30.4 Å². The summed E-state index contributed by atoms with van der Waals surface area (Å²) in [6.07, 6.45) is 2.12. The predicted molar refractivity (Wildman–Crippen MR) is 108 cm³/mol. The normalized spacial score (nSPS) is 10.8. The Morgan fingerprint density at radius 3 is 2.71 bits per heavy atom. The molecule has 2 aromatic heterocycles. The molecule has 0 aliphatic heterocycles. The van der Waals surface area contributed by atoms with Crippen LogP contribution in [0.2, 0.25) is 0 Å². The van der Waals surface area contributed by atoms with E-state index in [4.69, 9.17) is 0 Å². The molecule has 0 aliphatic carbocycles. The Morgan fingerprint density at radius 2 is 2.00 bits per heavy atom. The lowest BCUT2D eigenvalue weighted by molar-refractivity contribution is -0.140. The number of aryl methyl sites for hydroxylation is 1. The quantitative estimate of drug-likeness (QED) is 0.487. The number of hydrogen-bond donors (Lipinski definition) is 1. The highest BCUT2D eigenvalue weighted by atomic mass is 32.1. The molecule has 1 aromatic carbocycles. The third-order valence-electron chi connectivity index (χ3n) is 4.37. The second-order valence-electron chi connectivity index (χ2n) is 6.31. The SMILES string of the molecule is COC(=O)CCCNC(=O)Cn1cnc2sc(-c3ccccc3)c(C)c2c1=O. The average Bonchev–Trinajstić information content (AvgIpc) is 3.05. The van der Waals surface area contributed by atoms with Gasteiger partial charge >= 0.3 is 5.97 Å². The number of esters is 1. The van der Waals surface area contributed by atoms with Gasteiger partial charge in [-0.1, -0.05) is 30.3 Å². The van der Waals surface area contributed by atoms with E-state index >= 15 is 0 Å². The molecule has 0 unspecified atom stereocenters. The van der Waals surface area contributed by atoms with Gasteiger partial charge in [-0.3, -0.25) is 19.0 Å². The summed E-state index contributed by atoms with van der Waals surface area (Å²) in [5.74, 6) is -0.619. The second kappa shape index (κ2) is 8.79. The smallest absolute Gasteiger partial charge is 0.305 e. The van der Waals surface area contributed by atoms with Crippen LogP contribution >= 0.6 is 11.3 Å². The lowest BCUT2D eigenvalue weighted by atomic mass is 10.1. The Morgan fingerprint density at radius 1 is 1.25 bits per heavy atom. The van der Waals surface area contributed by atoms with Crippen molar-refractivity contribution in [2.45, 2.75) is 26.3 Å². The Bertz CT molecular complexity index is 1060. The molecule has 0 fully saturated rings. The third-order valence-corrected chi connectivity index (χ3v) is 5.62. The van der Waals surface area contributed by atoms with Crippen LogP contribution in [-0.2, 0) is 20.9 Å². The zero-order chi connectivity index (χ0) is 20.1. The van der Waals surface area contributed by atoms with Crippen molar-refractivity contribution in [2.24, 2.45) is 0 Å². The Labute approximate surface area is 166 Å². The molecule has 0 atom stereocenters. The Balaban J connectivity index is 1.75. The van der Waals surface area contributed by atoms with Gasteiger partial charge in [0, 0.05) is 17.8 Å². The highest BCUT2D eigenvalue weighted by Crippen LogP contribution is 2.35. The van der Waals surface area contributed by atoms with E-state index in [0.717, 1.165) is 16.0 Å². The summed E-state index contributed by atoms with van der Waals surface area (Å²) < 4.78 is 5.86. The summed E-state index contributed by atoms with van der Waals surface area (Å²) in [6.45, 7) is 2.13. The lowest BCUT2D eigenvalue weighted by Gasteiger charge is -2.07. The van der Waals surface area contributed by atoms with E-state index in [2.05, 4.69) is 15.0 Å². The van der Waals surface area contributed by atoms with Crippen molar-refractivity contribution in [3.05, 3.63) is 52.6 Å². The van der Waals surface area contributed by atoms with Crippen LogP contribution in [0.15, 0.2) is 41.5 Å². The first-order valence-corrected chi connectivity index (χ1v) is 9.70. The van der Waals surface area contributed by atoms with Gasteiger partial charge in [0.1, 0.15) is 11.4 Å². The van der Waals surface area contributed by atoms with Crippen molar-refractivity contribution in [3.63, 3.8) is 0 Å². The molecule has 3 rings (SSSR count). The lowest BCUT2D eigenvalue weighted by Crippen LogP contribution is -2.33. The van der Waals surface area contributed by atoms with Crippen molar-refractivity contribution >= 4 is 33.4 Å². The topological polar surface area (TPSA) is 90.3 Å². The number of nitrogens with zero attached hydrogens (tertiary/aromatic N) is 2. The first kappa shape index (κ1) is 19.8. The molecule has 0 aliphatic rings. The number of thiophene rings is 1. The van der Waals surface area contributed by atoms with Crippen molar-refractivity contribution in [1.82, 2.24) is 14.9 Å². The first-order chi connectivity index (χ1) is 13.5. The highest BCUT2D eigenvalue weighted by molar-refractivity contribution is 7.22. The van der Waals surface area contributed by atoms with E-state index in [0.29, 0.717) is 23.2 Å². The van der Waals surface area contributed by atoms with Gasteiger partial charge in [-0.2, -0.15) is 0 Å². The fourth-order valence-electron chi connectivity index (χ4n) is 2.91. The van der Waals surface area contributed by atoms with E-state index in [1.54, 1.807) is 0 Å². The number of carbonyl (C=O) groups is 2. The minimum atomic E-state index is -0.317. The fourth-order valence-corrected chi connectivity index (χ4v) is 4.05. The zero-order valence-electron chi connectivity index (χ0n) is 15.7. The van der Waals surface area contributed by atoms with Crippen molar-refractivity contribution < 1.29 is 14.3 Å². The summed E-state index contributed by atoms with van der Waals surface area (Å²) in [5, 5.41) is 3.25. The molecule has 1 N–H and O–H groups in total. The maximum Gasteiger partial charge on any atom is 0.305 e. The summed E-state index contributed by atoms with van der Waals surface area (Å²) >= 11 is 1.47. The van der Waals surface area contributed by atoms with Gasteiger partial charge in [-0.15, -0.1) is 11.3 Å². The van der Waals surface area contributed by atoms with Crippen molar-refractivity contribution in [2.75, 3.05) is 13.7 Å². The van der Waals surface area contributed by atoms with Gasteiger partial charge in [0.25, 0.3) is 5.56 Å². The number of rotatable bonds is 7. The molecule has 28 heavy (non-hydrogen) atoms. The summed E-state index contributed by atoms with van der Waals surface area (Å²) in [5.41, 5.74) is 1.68. The Kier molecular flexibility index (Phi) is 6.20. The van der Waals surface area contributed by atoms with Crippen LogP contribution in [0.4, 0.5) is 0 Å². The van der Waals surface area contributed by atoms with Crippen LogP contribution < -0.4 is 10.9 Å². The average molecular weight is 399 g/mol. The van der Waals surface area contributed by atoms with E-state index in [9.17, 15) is 14.4 Å². The highest BCUT2D eigenvalue weighted by Gasteiger charge is 2.16. The van der Waals surface area contributed by atoms with Gasteiger partial charge in [0.05, 0.1) is 18.8 Å². The van der Waals surface area contributed by atoms with Gasteiger partial charge in [-0.05, 0) is 24.5 Å². The van der Waals surface area contributed by atoms with Crippen LogP contribution in [0, 0.1) is 6.92 Å². The second-order valence-corrected chi connectivity index (χ2v) is 7.31. The van der Waals surface area contributed by atoms with Crippen LogP contribution in [-0.4, -0.2) is 35.1 Å². The number of aromatic nitrogens is 2. The number of carbonyl (C=O) groups excluding carboxylic acids is 2. The van der Waals surface area contributed by atoms with Gasteiger partial charge in [0.15, 0.2) is 0 Å². The van der Waals surface area contributed by atoms with Crippen molar-refractivity contribution in [1.29, 1.82) is 0 Å². The maximum atomic E-state index is 12.9. The number of methoxy groups -OCH3 is 1. The molecular formula is C20H21N3O4S. The monoisotopic (exact) mass is 399 g/mol. The third kappa shape index (κ3) is 4.28. The molecule has 8 heteroatoms. The number of fused-ring (bicyclic) bond motifs is 1. The minimum Gasteiger partial charge on any atom is -0.469 e. The summed E-state index contributed by atoms with van der Waals surface area (Å²) in [7, 11) is 1.33. The number of hydrogen-bond acceptors (Lipinski definition) is 6. The number of amides is 1. The molecule has 146 valence electrons.